The number of hydrogen-bond acceptors (Lipinski definition) is 5. The second-order valence-corrected chi connectivity index (χ2v) is 10.0. The van der Waals surface area contributed by atoms with Gasteiger partial charge in [0.15, 0.2) is 6.29 Å². The van der Waals surface area contributed by atoms with Crippen LogP contribution in [-0.4, -0.2) is 49.0 Å². The number of benzene rings is 2. The predicted octanol–water partition coefficient (Wildman–Crippen LogP) is 2.66. The van der Waals surface area contributed by atoms with E-state index in [0.717, 1.165) is 16.8 Å². The van der Waals surface area contributed by atoms with Gasteiger partial charge < -0.3 is 24.4 Å². The van der Waals surface area contributed by atoms with Crippen molar-refractivity contribution < 1.29 is 23.8 Å². The Bertz CT molecular complexity index is 1150. The van der Waals surface area contributed by atoms with Crippen LogP contribution in [-0.2, 0) is 35.8 Å². The SMILES string of the molecule is CN1C(=O)[C@]2(COCc3ccccc3)[C@@H]3C[C@@H]4O[C@H]1[C@H]2[C@]1(C(=O)Nc2ccccc21)[C@@H](C3)O4. The van der Waals surface area contributed by atoms with Gasteiger partial charge in [0.2, 0.25) is 11.8 Å². The zero-order valence-corrected chi connectivity index (χ0v) is 18.4. The number of anilines is 1. The van der Waals surface area contributed by atoms with E-state index < -0.39 is 29.3 Å². The Morgan fingerprint density at radius 3 is 2.70 bits per heavy atom. The quantitative estimate of drug-likeness (QED) is 0.782. The average Bonchev–Trinajstić information content (AvgIpc) is 3.15. The standard InChI is InChI=1S/C26H26N2O5/c1-28-22-21-25(24(28)30,14-31-13-15-7-3-2-4-8-15)16-11-19(32-20(12-16)33-22)26(21)17-9-5-6-10-18(17)27-23(26)29/h2-10,16,19-22H,11-14H2,1H3,(H,27,29)/t16-,19+,20-,21+,22-,25+,26+/m0/s1. The van der Waals surface area contributed by atoms with Gasteiger partial charge in [-0.25, -0.2) is 0 Å². The fourth-order valence-corrected chi connectivity index (χ4v) is 7.43. The van der Waals surface area contributed by atoms with E-state index >= 15 is 0 Å². The van der Waals surface area contributed by atoms with Crippen LogP contribution < -0.4 is 5.32 Å². The summed E-state index contributed by atoms with van der Waals surface area (Å²) in [6.07, 6.45) is 0.000167. The molecular formula is C26H26N2O5. The molecule has 1 spiro atoms. The maximum atomic E-state index is 14.0. The van der Waals surface area contributed by atoms with Crippen molar-refractivity contribution in [3.8, 4) is 0 Å². The van der Waals surface area contributed by atoms with Crippen molar-refractivity contribution in [3.63, 3.8) is 0 Å². The summed E-state index contributed by atoms with van der Waals surface area (Å²) in [5, 5.41) is 3.10. The molecule has 6 aliphatic rings. The van der Waals surface area contributed by atoms with Crippen molar-refractivity contribution in [1.29, 1.82) is 0 Å². The molecule has 2 amide bonds. The van der Waals surface area contributed by atoms with Gasteiger partial charge in [-0.2, -0.15) is 0 Å². The Labute approximate surface area is 192 Å². The molecule has 2 aromatic rings. The number of hydrogen-bond donors (Lipinski definition) is 1. The van der Waals surface area contributed by atoms with E-state index in [1.54, 1.807) is 11.9 Å². The van der Waals surface area contributed by atoms with Gasteiger partial charge in [-0.05, 0) is 29.5 Å². The van der Waals surface area contributed by atoms with Gasteiger partial charge in [-0.15, -0.1) is 0 Å². The molecule has 2 aromatic carbocycles. The van der Waals surface area contributed by atoms with Crippen LogP contribution in [0.15, 0.2) is 54.6 Å². The van der Waals surface area contributed by atoms with E-state index in [0.29, 0.717) is 19.4 Å². The lowest BCUT2D eigenvalue weighted by Gasteiger charge is -2.55. The third-order valence-electron chi connectivity index (χ3n) is 8.70. The zero-order chi connectivity index (χ0) is 22.4. The zero-order valence-electron chi connectivity index (χ0n) is 18.4. The molecule has 7 nitrogen and oxygen atoms in total. The summed E-state index contributed by atoms with van der Waals surface area (Å²) in [6, 6.07) is 17.8. The third kappa shape index (κ3) is 2.30. The van der Waals surface area contributed by atoms with Crippen LogP contribution in [0.3, 0.4) is 0 Å². The maximum Gasteiger partial charge on any atom is 0.238 e. The van der Waals surface area contributed by atoms with Gasteiger partial charge in [-0.3, -0.25) is 9.59 Å². The van der Waals surface area contributed by atoms with Gasteiger partial charge in [0, 0.05) is 25.1 Å². The molecule has 5 aliphatic heterocycles. The van der Waals surface area contributed by atoms with E-state index in [-0.39, 0.29) is 30.4 Å². The van der Waals surface area contributed by atoms with Crippen molar-refractivity contribution in [2.45, 2.75) is 43.5 Å². The summed E-state index contributed by atoms with van der Waals surface area (Å²) in [6.45, 7) is 0.681. The highest BCUT2D eigenvalue weighted by Crippen LogP contribution is 2.68. The first-order chi connectivity index (χ1) is 16.1. The number of rotatable bonds is 4. The molecule has 7 atom stereocenters. The minimum atomic E-state index is -0.983. The number of nitrogens with zero attached hydrogens (tertiary/aromatic N) is 1. The van der Waals surface area contributed by atoms with Crippen molar-refractivity contribution >= 4 is 17.5 Å². The number of ether oxygens (including phenoxy) is 3. The summed E-state index contributed by atoms with van der Waals surface area (Å²) in [4.78, 5) is 29.5. The molecule has 1 aliphatic carbocycles. The summed E-state index contributed by atoms with van der Waals surface area (Å²) in [5.74, 6) is -0.427. The Morgan fingerprint density at radius 2 is 1.85 bits per heavy atom. The van der Waals surface area contributed by atoms with Gasteiger partial charge in [-0.1, -0.05) is 48.5 Å². The highest BCUT2D eigenvalue weighted by Gasteiger charge is 2.80. The number of carbonyl (C=O) groups excluding carboxylic acids is 2. The summed E-state index contributed by atoms with van der Waals surface area (Å²) >= 11 is 0. The van der Waals surface area contributed by atoms with Crippen LogP contribution in [0.5, 0.6) is 0 Å². The average molecular weight is 447 g/mol. The highest BCUT2D eigenvalue weighted by atomic mass is 16.7. The molecule has 7 heteroatoms. The molecule has 5 fully saturated rings. The fourth-order valence-electron chi connectivity index (χ4n) is 7.43. The van der Waals surface area contributed by atoms with E-state index in [1.807, 2.05) is 54.6 Å². The summed E-state index contributed by atoms with van der Waals surface area (Å²) < 4.78 is 19.1. The lowest BCUT2D eigenvalue weighted by Crippen LogP contribution is -2.67. The molecule has 170 valence electrons. The van der Waals surface area contributed by atoms with Crippen molar-refractivity contribution in [2.75, 3.05) is 19.0 Å². The number of nitrogens with one attached hydrogen (secondary N) is 1. The second-order valence-electron chi connectivity index (χ2n) is 10.0. The molecule has 1 saturated carbocycles. The minimum Gasteiger partial charge on any atom is -0.376 e. The van der Waals surface area contributed by atoms with E-state index in [4.69, 9.17) is 14.2 Å². The largest absolute Gasteiger partial charge is 0.376 e. The Hall–Kier alpha value is -2.74. The first kappa shape index (κ1) is 19.7. The van der Waals surface area contributed by atoms with Crippen LogP contribution >= 0.6 is 0 Å². The number of carbonyl (C=O) groups is 2. The first-order valence-corrected chi connectivity index (χ1v) is 11.7. The number of fused-ring (bicyclic) bond motifs is 1. The Balaban J connectivity index is 1.38. The Kier molecular flexibility index (Phi) is 3.97. The minimum absolute atomic E-state index is 0.0194. The van der Waals surface area contributed by atoms with E-state index in [9.17, 15) is 9.59 Å². The molecular weight excluding hydrogens is 420 g/mol. The molecule has 6 bridgehead atoms. The monoisotopic (exact) mass is 446 g/mol. The molecule has 4 saturated heterocycles. The molecule has 0 unspecified atom stereocenters. The lowest BCUT2D eigenvalue weighted by atomic mass is 9.48. The van der Waals surface area contributed by atoms with E-state index in [2.05, 4.69) is 5.32 Å². The molecule has 33 heavy (non-hydrogen) atoms. The number of amides is 2. The summed E-state index contributed by atoms with van der Waals surface area (Å²) in [5.41, 5.74) is 0.953. The smallest absolute Gasteiger partial charge is 0.238 e. The molecule has 5 heterocycles. The van der Waals surface area contributed by atoms with Gasteiger partial charge in [0.1, 0.15) is 11.6 Å². The molecule has 0 aromatic heterocycles. The van der Waals surface area contributed by atoms with E-state index in [1.165, 1.54) is 0 Å². The van der Waals surface area contributed by atoms with Crippen LogP contribution in [0.1, 0.15) is 24.0 Å². The van der Waals surface area contributed by atoms with Crippen LogP contribution in [0.2, 0.25) is 0 Å². The van der Waals surface area contributed by atoms with Crippen LogP contribution in [0.25, 0.3) is 0 Å². The predicted molar refractivity (Wildman–Crippen MR) is 118 cm³/mol. The highest BCUT2D eigenvalue weighted by molar-refractivity contribution is 6.08. The first-order valence-electron chi connectivity index (χ1n) is 11.7. The third-order valence-corrected chi connectivity index (χ3v) is 8.70. The normalized spacial score (nSPS) is 39.8. The molecule has 8 rings (SSSR count). The maximum absolute atomic E-state index is 14.0. The number of likely N-dealkylation sites (tertiary alicyclic amines) is 1. The van der Waals surface area contributed by atoms with Gasteiger partial charge in [0.25, 0.3) is 0 Å². The molecule has 0 radical (unpaired) electrons. The fraction of sp³-hybridized carbons (Fsp3) is 0.462. The van der Waals surface area contributed by atoms with Crippen LogP contribution in [0, 0.1) is 17.3 Å². The summed E-state index contributed by atoms with van der Waals surface area (Å²) in [7, 11) is 1.79. The number of para-hydroxylation sites is 1. The Morgan fingerprint density at radius 1 is 1.06 bits per heavy atom. The van der Waals surface area contributed by atoms with Crippen LogP contribution in [0.4, 0.5) is 5.69 Å². The van der Waals surface area contributed by atoms with Gasteiger partial charge >= 0.3 is 0 Å². The molecule has 1 N–H and O–H groups in total. The van der Waals surface area contributed by atoms with Crippen molar-refractivity contribution in [1.82, 2.24) is 4.90 Å². The second kappa shape index (κ2) is 6.65. The van der Waals surface area contributed by atoms with Gasteiger partial charge in [0.05, 0.1) is 24.7 Å². The lowest BCUT2D eigenvalue weighted by molar-refractivity contribution is -0.241. The van der Waals surface area contributed by atoms with Crippen molar-refractivity contribution in [2.24, 2.45) is 17.3 Å². The van der Waals surface area contributed by atoms with Crippen molar-refractivity contribution in [3.05, 3.63) is 65.7 Å². The topological polar surface area (TPSA) is 77.1 Å².